The molecule has 0 aliphatic carbocycles. The van der Waals surface area contributed by atoms with Gasteiger partial charge in [0, 0.05) is 17.1 Å². The second-order valence-corrected chi connectivity index (χ2v) is 7.83. The minimum Gasteiger partial charge on any atom is -0.509 e. The van der Waals surface area contributed by atoms with Crippen molar-refractivity contribution in [2.75, 3.05) is 16.8 Å². The smallest absolute Gasteiger partial charge is 0.145 e. The highest BCUT2D eigenvalue weighted by Gasteiger charge is 2.31. The van der Waals surface area contributed by atoms with Crippen molar-refractivity contribution in [3.8, 4) is 0 Å². The average molecular weight is 409 g/mol. The summed E-state index contributed by atoms with van der Waals surface area (Å²) in [6.07, 6.45) is 0. The molecule has 6 heteroatoms. The van der Waals surface area contributed by atoms with Crippen molar-refractivity contribution in [2.24, 2.45) is 0 Å². The van der Waals surface area contributed by atoms with Gasteiger partial charge < -0.3 is 20.3 Å². The molecule has 0 atom stereocenters. The van der Waals surface area contributed by atoms with Crippen LogP contribution in [0.15, 0.2) is 72.5 Å². The second kappa shape index (κ2) is 7.32. The lowest BCUT2D eigenvalue weighted by atomic mass is 10.1. The number of anilines is 3. The molecule has 0 saturated carbocycles. The maximum atomic E-state index is 10.7. The second-order valence-electron chi connectivity index (χ2n) is 7.83. The van der Waals surface area contributed by atoms with Gasteiger partial charge in [0.1, 0.15) is 17.4 Å². The van der Waals surface area contributed by atoms with Gasteiger partial charge in [-0.1, -0.05) is 18.2 Å². The highest BCUT2D eigenvalue weighted by molar-refractivity contribution is 6.30. The van der Waals surface area contributed by atoms with Crippen molar-refractivity contribution in [1.82, 2.24) is 9.97 Å². The molecule has 4 N–H and O–H groups in total. The lowest BCUT2D eigenvalue weighted by molar-refractivity contribution is 0.411. The van der Waals surface area contributed by atoms with Crippen molar-refractivity contribution in [1.29, 1.82) is 5.41 Å². The first-order chi connectivity index (χ1) is 15.0. The SMILES string of the molecule is Cc1cc2nc(C3=C(O)CN(c4ccc(Nc5ccccc5)cc4)C3=N)[nH]c2cc1C. The molecule has 0 unspecified atom stereocenters. The van der Waals surface area contributed by atoms with Gasteiger partial charge in [-0.2, -0.15) is 0 Å². The lowest BCUT2D eigenvalue weighted by Crippen LogP contribution is -2.26. The number of H-pyrrole nitrogens is 1. The fraction of sp³-hybridized carbons (Fsp3) is 0.120. The molecule has 31 heavy (non-hydrogen) atoms. The molecule has 5 rings (SSSR count). The number of fused-ring (bicyclic) bond motifs is 1. The molecule has 0 bridgehead atoms. The van der Waals surface area contributed by atoms with Crippen LogP contribution in [-0.2, 0) is 0 Å². The molecule has 0 radical (unpaired) electrons. The van der Waals surface area contributed by atoms with Crippen LogP contribution in [0.1, 0.15) is 17.0 Å². The number of hydrogen-bond donors (Lipinski definition) is 4. The van der Waals surface area contributed by atoms with Gasteiger partial charge in [0.15, 0.2) is 0 Å². The van der Waals surface area contributed by atoms with Gasteiger partial charge >= 0.3 is 0 Å². The van der Waals surface area contributed by atoms with Gasteiger partial charge in [0.2, 0.25) is 0 Å². The molecule has 1 aliphatic rings. The molecule has 0 fully saturated rings. The summed E-state index contributed by atoms with van der Waals surface area (Å²) in [5, 5.41) is 22.7. The fourth-order valence-corrected chi connectivity index (χ4v) is 3.85. The number of nitrogens with one attached hydrogen (secondary N) is 3. The van der Waals surface area contributed by atoms with Crippen molar-refractivity contribution in [3.63, 3.8) is 0 Å². The Labute approximate surface area is 180 Å². The molecule has 4 aromatic rings. The van der Waals surface area contributed by atoms with E-state index in [9.17, 15) is 5.11 Å². The summed E-state index contributed by atoms with van der Waals surface area (Å²) < 4.78 is 0. The van der Waals surface area contributed by atoms with E-state index in [1.165, 1.54) is 5.56 Å². The summed E-state index contributed by atoms with van der Waals surface area (Å²) in [4.78, 5) is 9.68. The lowest BCUT2D eigenvalue weighted by Gasteiger charge is -2.19. The van der Waals surface area contributed by atoms with Crippen molar-refractivity contribution < 1.29 is 5.11 Å². The summed E-state index contributed by atoms with van der Waals surface area (Å²) in [6.45, 7) is 4.35. The maximum absolute atomic E-state index is 10.7. The topological polar surface area (TPSA) is 88.0 Å². The summed E-state index contributed by atoms with van der Waals surface area (Å²) in [5.41, 5.74) is 7.33. The molecule has 2 heterocycles. The van der Waals surface area contributed by atoms with Crippen LogP contribution in [0, 0.1) is 19.3 Å². The molecular formula is C25H23N5O. The van der Waals surface area contributed by atoms with E-state index in [2.05, 4.69) is 29.1 Å². The first-order valence-electron chi connectivity index (χ1n) is 10.2. The molecule has 0 amide bonds. The molecule has 1 aromatic heterocycles. The van der Waals surface area contributed by atoms with E-state index in [-0.39, 0.29) is 18.1 Å². The number of hydrogen-bond acceptors (Lipinski definition) is 4. The van der Waals surface area contributed by atoms with Gasteiger partial charge in [-0.15, -0.1) is 0 Å². The van der Waals surface area contributed by atoms with Crippen LogP contribution in [0.4, 0.5) is 17.1 Å². The Morgan fingerprint density at radius 1 is 0.968 bits per heavy atom. The molecule has 0 saturated heterocycles. The van der Waals surface area contributed by atoms with Crippen LogP contribution < -0.4 is 10.2 Å². The van der Waals surface area contributed by atoms with Crippen LogP contribution in [-0.4, -0.2) is 27.5 Å². The van der Waals surface area contributed by atoms with Crippen molar-refractivity contribution >= 4 is 39.5 Å². The molecule has 6 nitrogen and oxygen atoms in total. The monoisotopic (exact) mass is 409 g/mol. The Hall–Kier alpha value is -4.06. The minimum absolute atomic E-state index is 0.143. The third-order valence-corrected chi connectivity index (χ3v) is 5.68. The Morgan fingerprint density at radius 3 is 2.39 bits per heavy atom. The largest absolute Gasteiger partial charge is 0.509 e. The maximum Gasteiger partial charge on any atom is 0.145 e. The number of aliphatic hydroxyl groups excluding tert-OH is 1. The number of nitrogens with zero attached hydrogens (tertiary/aromatic N) is 2. The Bertz CT molecular complexity index is 1280. The standard InChI is InChI=1S/C25H23N5O/c1-15-12-20-21(13-16(15)2)29-25(28-20)23-22(31)14-30(24(23)26)19-10-8-18(9-11-19)27-17-6-4-3-5-7-17/h3-13,26-27,31H,14H2,1-2H3,(H,28,29). The first kappa shape index (κ1) is 18.9. The summed E-state index contributed by atoms with van der Waals surface area (Å²) in [7, 11) is 0. The van der Waals surface area contributed by atoms with E-state index in [0.29, 0.717) is 11.4 Å². The molecular weight excluding hydrogens is 386 g/mol. The van der Waals surface area contributed by atoms with E-state index >= 15 is 0 Å². The van der Waals surface area contributed by atoms with Crippen molar-refractivity contribution in [2.45, 2.75) is 13.8 Å². The van der Waals surface area contributed by atoms with E-state index < -0.39 is 0 Å². The van der Waals surface area contributed by atoms with E-state index in [4.69, 9.17) is 5.41 Å². The van der Waals surface area contributed by atoms with Gasteiger partial charge in [0.25, 0.3) is 0 Å². The highest BCUT2D eigenvalue weighted by Crippen LogP contribution is 2.32. The van der Waals surface area contributed by atoms with Crippen LogP contribution in [0.5, 0.6) is 0 Å². The summed E-state index contributed by atoms with van der Waals surface area (Å²) in [6, 6.07) is 21.9. The third-order valence-electron chi connectivity index (χ3n) is 5.68. The third kappa shape index (κ3) is 3.42. The van der Waals surface area contributed by atoms with E-state index in [0.717, 1.165) is 33.7 Å². The quantitative estimate of drug-likeness (QED) is 0.349. The fourth-order valence-electron chi connectivity index (χ4n) is 3.85. The van der Waals surface area contributed by atoms with Crippen LogP contribution in [0.3, 0.4) is 0 Å². The van der Waals surface area contributed by atoms with Crippen LogP contribution in [0.25, 0.3) is 16.6 Å². The zero-order valence-corrected chi connectivity index (χ0v) is 17.4. The number of aryl methyl sites for hydroxylation is 2. The van der Waals surface area contributed by atoms with Gasteiger partial charge in [-0.25, -0.2) is 4.98 Å². The number of aromatic nitrogens is 2. The van der Waals surface area contributed by atoms with Crippen molar-refractivity contribution in [3.05, 3.63) is 89.4 Å². The Kier molecular flexibility index (Phi) is 4.47. The normalized spacial score (nSPS) is 14.0. The Morgan fingerprint density at radius 2 is 1.65 bits per heavy atom. The summed E-state index contributed by atoms with van der Waals surface area (Å²) >= 11 is 0. The number of rotatable bonds is 4. The van der Waals surface area contributed by atoms with Gasteiger partial charge in [0.05, 0.1) is 23.2 Å². The van der Waals surface area contributed by atoms with E-state index in [1.54, 1.807) is 4.90 Å². The number of para-hydroxylation sites is 1. The number of aromatic amines is 1. The molecule has 3 aromatic carbocycles. The number of benzene rings is 3. The Balaban J connectivity index is 1.39. The van der Waals surface area contributed by atoms with E-state index in [1.807, 2.05) is 66.7 Å². The number of aliphatic hydroxyl groups is 1. The van der Waals surface area contributed by atoms with Crippen LogP contribution >= 0.6 is 0 Å². The molecule has 0 spiro atoms. The zero-order chi connectivity index (χ0) is 21.5. The highest BCUT2D eigenvalue weighted by atomic mass is 16.3. The van der Waals surface area contributed by atoms with Gasteiger partial charge in [-0.3, -0.25) is 5.41 Å². The van der Waals surface area contributed by atoms with Gasteiger partial charge in [-0.05, 0) is 73.5 Å². The number of imidazole rings is 1. The summed E-state index contributed by atoms with van der Waals surface area (Å²) in [5.74, 6) is 0.894. The molecule has 1 aliphatic heterocycles. The molecule has 154 valence electrons. The average Bonchev–Trinajstić information content (AvgIpc) is 3.29. The number of amidine groups is 1. The predicted octanol–water partition coefficient (Wildman–Crippen LogP) is 5.69. The minimum atomic E-state index is 0.143. The van der Waals surface area contributed by atoms with Crippen LogP contribution in [0.2, 0.25) is 0 Å². The zero-order valence-electron chi connectivity index (χ0n) is 17.4. The predicted molar refractivity (Wildman–Crippen MR) is 126 cm³/mol. The first-order valence-corrected chi connectivity index (χ1v) is 10.2.